The Morgan fingerprint density at radius 2 is 1.84 bits per heavy atom. The lowest BCUT2D eigenvalue weighted by Gasteiger charge is -2.39. The summed E-state index contributed by atoms with van der Waals surface area (Å²) in [6, 6.07) is 8.74. The number of hydrogen-bond donors (Lipinski definition) is 0. The number of rotatable bonds is 3. The molecule has 2 unspecified atom stereocenters. The van der Waals surface area contributed by atoms with Crippen LogP contribution >= 0.6 is 0 Å². The highest BCUT2D eigenvalue weighted by Crippen LogP contribution is 2.27. The highest BCUT2D eigenvalue weighted by Gasteiger charge is 2.44. The fraction of sp³-hybridized carbons (Fsp3) is 0.550. The first-order valence-corrected chi connectivity index (χ1v) is 8.85. The van der Waals surface area contributed by atoms with E-state index in [1.807, 2.05) is 51.1 Å². The van der Waals surface area contributed by atoms with Gasteiger partial charge in [-0.3, -0.25) is 9.79 Å². The van der Waals surface area contributed by atoms with E-state index in [1.54, 1.807) is 20.8 Å². The molecule has 1 aromatic carbocycles. The summed E-state index contributed by atoms with van der Waals surface area (Å²) in [7, 11) is 0. The van der Waals surface area contributed by atoms with E-state index < -0.39 is 23.8 Å². The number of nitrogens with zero attached hydrogens (tertiary/aromatic N) is 2. The van der Waals surface area contributed by atoms with Crippen LogP contribution < -0.4 is 0 Å². The van der Waals surface area contributed by atoms with Crippen molar-refractivity contribution >= 4 is 17.7 Å². The quantitative estimate of drug-likeness (QED) is 0.831. The van der Waals surface area contributed by atoms with Gasteiger partial charge in [0, 0.05) is 0 Å². The van der Waals surface area contributed by atoms with Crippen LogP contribution in [-0.4, -0.2) is 40.3 Å². The van der Waals surface area contributed by atoms with E-state index >= 15 is 0 Å². The van der Waals surface area contributed by atoms with Crippen LogP contribution in [0.5, 0.6) is 0 Å². The number of ether oxygens (including phenoxy) is 1. The summed E-state index contributed by atoms with van der Waals surface area (Å²) in [5.74, 6) is -0.261. The van der Waals surface area contributed by atoms with E-state index in [2.05, 4.69) is 0 Å². The molecular formula is C20H28N2O3. The van der Waals surface area contributed by atoms with Crippen molar-refractivity contribution in [3.05, 3.63) is 35.9 Å². The van der Waals surface area contributed by atoms with Gasteiger partial charge in [-0.2, -0.15) is 0 Å². The summed E-state index contributed by atoms with van der Waals surface area (Å²) < 4.78 is 5.52. The molecule has 25 heavy (non-hydrogen) atoms. The zero-order valence-electron chi connectivity index (χ0n) is 15.9. The Morgan fingerprint density at radius 3 is 2.32 bits per heavy atom. The van der Waals surface area contributed by atoms with Gasteiger partial charge in [0.15, 0.2) is 0 Å². The molecule has 5 nitrogen and oxygen atoms in total. The highest BCUT2D eigenvalue weighted by molar-refractivity contribution is 6.13. The van der Waals surface area contributed by atoms with Crippen LogP contribution in [0.2, 0.25) is 0 Å². The van der Waals surface area contributed by atoms with Crippen LogP contribution in [-0.2, 0) is 9.53 Å². The van der Waals surface area contributed by atoms with Crippen molar-refractivity contribution in [2.24, 2.45) is 10.9 Å². The topological polar surface area (TPSA) is 59.0 Å². The fourth-order valence-electron chi connectivity index (χ4n) is 2.97. The third-order valence-corrected chi connectivity index (χ3v) is 4.05. The summed E-state index contributed by atoms with van der Waals surface area (Å²) in [5, 5.41) is 0. The van der Waals surface area contributed by atoms with E-state index in [-0.39, 0.29) is 11.8 Å². The van der Waals surface area contributed by atoms with Crippen molar-refractivity contribution in [1.82, 2.24) is 4.90 Å². The summed E-state index contributed by atoms with van der Waals surface area (Å²) in [6.07, 6.45) is -0.0581. The van der Waals surface area contributed by atoms with Gasteiger partial charge in [-0.1, -0.05) is 51.1 Å². The molecule has 0 aliphatic carbocycles. The van der Waals surface area contributed by atoms with Crippen LogP contribution in [0.4, 0.5) is 4.79 Å². The van der Waals surface area contributed by atoms with Crippen molar-refractivity contribution in [2.45, 2.75) is 65.6 Å². The van der Waals surface area contributed by atoms with Crippen LogP contribution in [0.3, 0.4) is 0 Å². The first-order valence-electron chi connectivity index (χ1n) is 8.85. The minimum Gasteiger partial charge on any atom is -0.443 e. The summed E-state index contributed by atoms with van der Waals surface area (Å²) in [4.78, 5) is 31.7. The van der Waals surface area contributed by atoms with Gasteiger partial charge in [0.2, 0.25) is 0 Å². The molecule has 0 spiro atoms. The Bertz CT molecular complexity index is 659. The number of benzene rings is 1. The Labute approximate surface area is 150 Å². The SMILES string of the molecule is CCC1N=C(c2ccccc2)C(C(C)C)N(C(=O)OC(C)(C)C)C1=O. The van der Waals surface area contributed by atoms with Gasteiger partial charge in [0.05, 0.1) is 11.8 Å². The lowest BCUT2D eigenvalue weighted by Crippen LogP contribution is -2.58. The minimum absolute atomic E-state index is 0.0215. The van der Waals surface area contributed by atoms with E-state index in [0.29, 0.717) is 6.42 Å². The van der Waals surface area contributed by atoms with Gasteiger partial charge in [-0.05, 0) is 38.7 Å². The Hall–Kier alpha value is -2.17. The van der Waals surface area contributed by atoms with Crippen molar-refractivity contribution in [3.8, 4) is 0 Å². The largest absolute Gasteiger partial charge is 0.443 e. The standard InChI is InChI=1S/C20H28N2O3/c1-7-15-18(23)22(19(24)25-20(4,5)6)17(13(2)3)16(21-15)14-11-9-8-10-12-14/h8-13,15,17H,7H2,1-6H3. The van der Waals surface area contributed by atoms with Crippen molar-refractivity contribution in [1.29, 1.82) is 0 Å². The summed E-state index contributed by atoms with van der Waals surface area (Å²) in [5.41, 5.74) is 1.04. The van der Waals surface area contributed by atoms with Gasteiger partial charge in [-0.25, -0.2) is 9.69 Å². The van der Waals surface area contributed by atoms with Crippen molar-refractivity contribution < 1.29 is 14.3 Å². The molecule has 1 aliphatic rings. The highest BCUT2D eigenvalue weighted by atomic mass is 16.6. The van der Waals surface area contributed by atoms with Crippen LogP contribution in [0.15, 0.2) is 35.3 Å². The van der Waals surface area contributed by atoms with Crippen LogP contribution in [0, 0.1) is 5.92 Å². The van der Waals surface area contributed by atoms with E-state index in [4.69, 9.17) is 9.73 Å². The average molecular weight is 344 g/mol. The Kier molecular flexibility index (Phi) is 5.65. The molecular weight excluding hydrogens is 316 g/mol. The molecule has 0 saturated carbocycles. The van der Waals surface area contributed by atoms with Crippen molar-refractivity contribution in [3.63, 3.8) is 0 Å². The molecule has 1 aliphatic heterocycles. The van der Waals surface area contributed by atoms with E-state index in [9.17, 15) is 9.59 Å². The monoisotopic (exact) mass is 344 g/mol. The molecule has 2 atom stereocenters. The van der Waals surface area contributed by atoms with E-state index in [0.717, 1.165) is 11.3 Å². The second kappa shape index (κ2) is 7.38. The molecule has 5 heteroatoms. The summed E-state index contributed by atoms with van der Waals surface area (Å²) in [6.45, 7) is 11.3. The average Bonchev–Trinajstić information content (AvgIpc) is 2.53. The van der Waals surface area contributed by atoms with Gasteiger partial charge in [-0.15, -0.1) is 0 Å². The maximum Gasteiger partial charge on any atom is 0.417 e. The molecule has 1 heterocycles. The van der Waals surface area contributed by atoms with Crippen molar-refractivity contribution in [2.75, 3.05) is 0 Å². The number of carbonyl (C=O) groups excluding carboxylic acids is 2. The van der Waals surface area contributed by atoms with Gasteiger partial charge in [0.1, 0.15) is 11.6 Å². The number of carbonyl (C=O) groups is 2. The second-order valence-corrected chi connectivity index (χ2v) is 7.68. The number of hydrogen-bond acceptors (Lipinski definition) is 4. The molecule has 0 saturated heterocycles. The van der Waals surface area contributed by atoms with Crippen LogP contribution in [0.1, 0.15) is 53.5 Å². The second-order valence-electron chi connectivity index (χ2n) is 7.68. The molecule has 2 rings (SSSR count). The minimum atomic E-state index is -0.665. The maximum atomic E-state index is 12.9. The smallest absolute Gasteiger partial charge is 0.417 e. The number of imide groups is 1. The number of aliphatic imine (C=N–C) groups is 1. The molecule has 2 amide bonds. The Balaban J connectivity index is 2.52. The van der Waals surface area contributed by atoms with Gasteiger partial charge in [0.25, 0.3) is 5.91 Å². The molecule has 1 aromatic rings. The lowest BCUT2D eigenvalue weighted by molar-refractivity contribution is -0.134. The molecule has 0 N–H and O–H groups in total. The molecule has 0 aromatic heterocycles. The molecule has 0 radical (unpaired) electrons. The Morgan fingerprint density at radius 1 is 1.24 bits per heavy atom. The predicted molar refractivity (Wildman–Crippen MR) is 98.8 cm³/mol. The molecule has 136 valence electrons. The van der Waals surface area contributed by atoms with Gasteiger partial charge < -0.3 is 4.74 Å². The lowest BCUT2D eigenvalue weighted by atomic mass is 9.89. The van der Waals surface area contributed by atoms with Crippen LogP contribution in [0.25, 0.3) is 0 Å². The number of amides is 2. The zero-order chi connectivity index (χ0) is 18.8. The molecule has 0 fully saturated rings. The predicted octanol–water partition coefficient (Wildman–Crippen LogP) is 4.06. The molecule has 0 bridgehead atoms. The first kappa shape index (κ1) is 19.2. The maximum absolute atomic E-state index is 12.9. The third kappa shape index (κ3) is 4.27. The fourth-order valence-corrected chi connectivity index (χ4v) is 2.97. The third-order valence-electron chi connectivity index (χ3n) is 4.05. The summed E-state index contributed by atoms with van der Waals surface area (Å²) >= 11 is 0. The zero-order valence-corrected chi connectivity index (χ0v) is 15.9. The van der Waals surface area contributed by atoms with Gasteiger partial charge >= 0.3 is 6.09 Å². The normalized spacial score (nSPS) is 21.3. The van der Waals surface area contributed by atoms with E-state index in [1.165, 1.54) is 4.90 Å². The first-order chi connectivity index (χ1) is 11.7.